The van der Waals surface area contributed by atoms with E-state index in [9.17, 15) is 8.42 Å². The van der Waals surface area contributed by atoms with Crippen LogP contribution in [0.15, 0.2) is 59.1 Å². The van der Waals surface area contributed by atoms with Crippen molar-refractivity contribution in [3.63, 3.8) is 0 Å². The Morgan fingerprint density at radius 1 is 0.917 bits per heavy atom. The van der Waals surface area contributed by atoms with E-state index in [0.29, 0.717) is 26.1 Å². The van der Waals surface area contributed by atoms with Crippen LogP contribution in [0.3, 0.4) is 0 Å². The summed E-state index contributed by atoms with van der Waals surface area (Å²) in [4.78, 5) is 0. The molecule has 0 radical (unpaired) electrons. The lowest BCUT2D eigenvalue weighted by molar-refractivity contribution is 0.421. The minimum atomic E-state index is -3.38. The number of hydrogen-bond donors (Lipinski definition) is 1. The molecule has 4 nitrogen and oxygen atoms in total. The molecule has 2 N–H and O–H groups in total. The molecule has 0 aliphatic heterocycles. The molecule has 0 amide bonds. The van der Waals surface area contributed by atoms with Crippen molar-refractivity contribution >= 4 is 38.4 Å². The van der Waals surface area contributed by atoms with E-state index in [-0.39, 0.29) is 18.2 Å². The quantitative estimate of drug-likeness (QED) is 0.695. The fourth-order valence-electron chi connectivity index (χ4n) is 2.31. The van der Waals surface area contributed by atoms with E-state index in [0.717, 1.165) is 15.6 Å². The third-order valence-electron chi connectivity index (χ3n) is 3.53. The first-order valence-electron chi connectivity index (χ1n) is 7.47. The number of nitrogens with two attached hydrogens (primary N) is 1. The van der Waals surface area contributed by atoms with Crippen LogP contribution < -0.4 is 5.73 Å². The van der Waals surface area contributed by atoms with Crippen LogP contribution in [-0.2, 0) is 22.2 Å². The van der Waals surface area contributed by atoms with Crippen LogP contribution in [0, 0.1) is 0 Å². The van der Waals surface area contributed by atoms with E-state index in [1.165, 1.54) is 4.31 Å². The van der Waals surface area contributed by atoms with Crippen LogP contribution in [0.25, 0.3) is 0 Å². The van der Waals surface area contributed by atoms with Gasteiger partial charge in [0, 0.05) is 24.1 Å². The number of benzene rings is 2. The summed E-state index contributed by atoms with van der Waals surface area (Å²) in [5, 5.41) is 0. The fraction of sp³-hybridized carbons (Fsp3) is 0.294. The highest BCUT2D eigenvalue weighted by atomic mass is 79.9. The van der Waals surface area contributed by atoms with Crippen molar-refractivity contribution in [2.75, 3.05) is 19.6 Å². The number of hydrogen-bond acceptors (Lipinski definition) is 3. The lowest BCUT2D eigenvalue weighted by Gasteiger charge is -2.21. The smallest absolute Gasteiger partial charge is 0.218 e. The molecule has 0 bridgehead atoms. The Balaban J connectivity index is 0.00000288. The first kappa shape index (κ1) is 21.1. The molecule has 2 rings (SSSR count). The van der Waals surface area contributed by atoms with Crippen LogP contribution in [-0.4, -0.2) is 32.4 Å². The number of sulfonamides is 1. The maximum atomic E-state index is 12.7. The van der Waals surface area contributed by atoms with E-state index in [2.05, 4.69) is 15.9 Å². The van der Waals surface area contributed by atoms with Crippen LogP contribution in [0.5, 0.6) is 0 Å². The second kappa shape index (κ2) is 10.2. The molecular weight excluding hydrogens is 412 g/mol. The average Bonchev–Trinajstić information content (AvgIpc) is 2.54. The molecular formula is C17H22BrClN2O2S. The fourth-order valence-corrected chi connectivity index (χ4v) is 4.13. The third kappa shape index (κ3) is 6.53. The second-order valence-electron chi connectivity index (χ2n) is 5.31. The zero-order valence-electron chi connectivity index (χ0n) is 13.3. The van der Waals surface area contributed by atoms with E-state index < -0.39 is 10.0 Å². The topological polar surface area (TPSA) is 63.4 Å². The van der Waals surface area contributed by atoms with Gasteiger partial charge in [-0.3, -0.25) is 0 Å². The van der Waals surface area contributed by atoms with E-state index in [4.69, 9.17) is 5.73 Å². The van der Waals surface area contributed by atoms with Gasteiger partial charge in [-0.05, 0) is 29.7 Å². The molecule has 2 aromatic rings. The molecule has 0 aliphatic carbocycles. The van der Waals surface area contributed by atoms with E-state index >= 15 is 0 Å². The lowest BCUT2D eigenvalue weighted by Crippen LogP contribution is -2.37. The summed E-state index contributed by atoms with van der Waals surface area (Å²) in [5.74, 6) is -0.00489. The zero-order valence-corrected chi connectivity index (χ0v) is 16.5. The summed E-state index contributed by atoms with van der Waals surface area (Å²) in [5.41, 5.74) is 7.49. The van der Waals surface area contributed by atoms with Crippen molar-refractivity contribution < 1.29 is 8.42 Å². The van der Waals surface area contributed by atoms with Gasteiger partial charge in [-0.25, -0.2) is 12.7 Å². The van der Waals surface area contributed by atoms with Gasteiger partial charge in [0.2, 0.25) is 10.0 Å². The molecule has 132 valence electrons. The van der Waals surface area contributed by atoms with Crippen LogP contribution in [0.4, 0.5) is 0 Å². The number of rotatable bonds is 8. The lowest BCUT2D eigenvalue weighted by atomic mass is 10.1. The molecule has 24 heavy (non-hydrogen) atoms. The monoisotopic (exact) mass is 432 g/mol. The molecule has 0 saturated carbocycles. The van der Waals surface area contributed by atoms with Gasteiger partial charge in [0.1, 0.15) is 0 Å². The molecule has 7 heteroatoms. The Hall–Kier alpha value is -0.920. The number of halogens is 2. The molecule has 0 heterocycles. The minimum Gasteiger partial charge on any atom is -0.329 e. The van der Waals surface area contributed by atoms with Gasteiger partial charge in [-0.1, -0.05) is 58.4 Å². The van der Waals surface area contributed by atoms with Crippen molar-refractivity contribution in [2.24, 2.45) is 5.73 Å². The largest absolute Gasteiger partial charge is 0.329 e. The third-order valence-corrected chi connectivity index (χ3v) is 5.91. The minimum absolute atomic E-state index is 0. The zero-order chi connectivity index (χ0) is 16.7. The van der Waals surface area contributed by atoms with E-state index in [1.807, 2.05) is 54.6 Å². The van der Waals surface area contributed by atoms with Gasteiger partial charge in [0.05, 0.1) is 5.75 Å². The van der Waals surface area contributed by atoms with Crippen molar-refractivity contribution in [3.8, 4) is 0 Å². The van der Waals surface area contributed by atoms with Crippen molar-refractivity contribution in [2.45, 2.75) is 12.2 Å². The summed E-state index contributed by atoms with van der Waals surface area (Å²) in [6.07, 6.45) is 0.681. The van der Waals surface area contributed by atoms with Crippen molar-refractivity contribution in [1.82, 2.24) is 4.31 Å². The van der Waals surface area contributed by atoms with Gasteiger partial charge >= 0.3 is 0 Å². The Labute approximate surface area is 158 Å². The summed E-state index contributed by atoms with van der Waals surface area (Å²) >= 11 is 3.35. The predicted octanol–water partition coefficient (Wildman–Crippen LogP) is 3.20. The highest BCUT2D eigenvalue weighted by Gasteiger charge is 2.21. The Bertz CT molecular complexity index is 709. The second-order valence-corrected chi connectivity index (χ2v) is 8.19. The van der Waals surface area contributed by atoms with Crippen molar-refractivity contribution in [1.29, 1.82) is 0 Å². The van der Waals surface area contributed by atoms with Crippen LogP contribution in [0.2, 0.25) is 0 Å². The standard InChI is InChI=1S/C17H21BrN2O2S.ClH/c18-17-8-6-16(7-9-17)14-23(21,22)20(13-11-19)12-10-15-4-2-1-3-5-15;/h1-9H,10-14,19H2;1H. The molecule has 0 aliphatic rings. The van der Waals surface area contributed by atoms with Gasteiger partial charge in [-0.15, -0.1) is 12.4 Å². The van der Waals surface area contributed by atoms with Gasteiger partial charge in [-0.2, -0.15) is 0 Å². The average molecular weight is 434 g/mol. The Morgan fingerprint density at radius 2 is 1.54 bits per heavy atom. The van der Waals surface area contributed by atoms with E-state index in [1.54, 1.807) is 0 Å². The Kier molecular flexibility index (Phi) is 8.94. The molecule has 2 aromatic carbocycles. The SMILES string of the molecule is Cl.NCCN(CCc1ccccc1)S(=O)(=O)Cc1ccc(Br)cc1. The van der Waals surface area contributed by atoms with Gasteiger partial charge in [0.25, 0.3) is 0 Å². The molecule has 0 saturated heterocycles. The predicted molar refractivity (Wildman–Crippen MR) is 105 cm³/mol. The molecule has 0 atom stereocenters. The van der Waals surface area contributed by atoms with Gasteiger partial charge in [0.15, 0.2) is 0 Å². The van der Waals surface area contributed by atoms with Crippen molar-refractivity contribution in [3.05, 3.63) is 70.2 Å². The maximum absolute atomic E-state index is 12.7. The van der Waals surface area contributed by atoms with Crippen LogP contribution in [0.1, 0.15) is 11.1 Å². The maximum Gasteiger partial charge on any atom is 0.218 e. The Morgan fingerprint density at radius 3 is 2.12 bits per heavy atom. The van der Waals surface area contributed by atoms with Crippen LogP contribution >= 0.6 is 28.3 Å². The normalized spacial score (nSPS) is 11.3. The molecule has 0 unspecified atom stereocenters. The summed E-state index contributed by atoms with van der Waals surface area (Å²) in [6, 6.07) is 17.2. The molecule has 0 spiro atoms. The summed E-state index contributed by atoms with van der Waals surface area (Å²) < 4.78 is 27.7. The molecule has 0 fully saturated rings. The summed E-state index contributed by atoms with van der Waals surface area (Å²) in [6.45, 7) is 1.10. The highest BCUT2D eigenvalue weighted by Crippen LogP contribution is 2.15. The molecule has 0 aromatic heterocycles. The highest BCUT2D eigenvalue weighted by molar-refractivity contribution is 9.10. The van der Waals surface area contributed by atoms with Gasteiger partial charge < -0.3 is 5.73 Å². The first-order valence-corrected chi connectivity index (χ1v) is 9.88. The summed E-state index contributed by atoms with van der Waals surface area (Å²) in [7, 11) is -3.38. The number of nitrogens with zero attached hydrogens (tertiary/aromatic N) is 1. The first-order chi connectivity index (χ1) is 11.0.